The van der Waals surface area contributed by atoms with Crippen LogP contribution in [0.25, 0.3) is 0 Å². The summed E-state index contributed by atoms with van der Waals surface area (Å²) in [4.78, 5) is 14.4. The number of nitriles is 1. The second-order valence-corrected chi connectivity index (χ2v) is 6.87. The van der Waals surface area contributed by atoms with Crippen LogP contribution >= 0.6 is 0 Å². The van der Waals surface area contributed by atoms with E-state index in [1.54, 1.807) is 19.9 Å². The lowest BCUT2D eigenvalue weighted by Gasteiger charge is -2.45. The monoisotopic (exact) mass is 356 g/mol. The predicted molar refractivity (Wildman–Crippen MR) is 91.3 cm³/mol. The quantitative estimate of drug-likeness (QED) is 0.822. The third-order valence-electron chi connectivity index (χ3n) is 4.52. The van der Waals surface area contributed by atoms with Crippen molar-refractivity contribution < 1.29 is 18.3 Å². The van der Waals surface area contributed by atoms with Crippen LogP contribution in [0.2, 0.25) is 0 Å². The van der Waals surface area contributed by atoms with Gasteiger partial charge in [0, 0.05) is 0 Å². The molecule has 2 aromatic rings. The van der Waals surface area contributed by atoms with Crippen molar-refractivity contribution in [3.8, 4) is 6.07 Å². The summed E-state index contributed by atoms with van der Waals surface area (Å²) in [6, 6.07) is 12.8. The van der Waals surface area contributed by atoms with Gasteiger partial charge in [0.15, 0.2) is 0 Å². The highest BCUT2D eigenvalue weighted by Gasteiger charge is 2.40. The molecule has 1 fully saturated rings. The Bertz CT molecular complexity index is 852. The van der Waals surface area contributed by atoms with Crippen LogP contribution in [0.1, 0.15) is 41.4 Å². The van der Waals surface area contributed by atoms with E-state index in [9.17, 15) is 13.6 Å². The maximum absolute atomic E-state index is 14.3. The summed E-state index contributed by atoms with van der Waals surface area (Å²) in [5.74, 6) is -2.83. The highest BCUT2D eigenvalue weighted by Crippen LogP contribution is 2.32. The zero-order valence-corrected chi connectivity index (χ0v) is 14.5. The van der Waals surface area contributed by atoms with Gasteiger partial charge in [0.1, 0.15) is 23.3 Å². The van der Waals surface area contributed by atoms with E-state index < -0.39 is 28.6 Å². The first kappa shape index (κ1) is 18.0. The van der Waals surface area contributed by atoms with E-state index in [2.05, 4.69) is 0 Å². The second kappa shape index (κ2) is 6.85. The summed E-state index contributed by atoms with van der Waals surface area (Å²) in [7, 11) is 0. The molecule has 0 spiro atoms. The maximum atomic E-state index is 14.3. The van der Waals surface area contributed by atoms with E-state index in [0.717, 1.165) is 17.7 Å². The number of amides is 1. The van der Waals surface area contributed by atoms with Crippen LogP contribution in [-0.2, 0) is 4.74 Å². The van der Waals surface area contributed by atoms with Crippen molar-refractivity contribution in [1.82, 2.24) is 4.90 Å². The topological polar surface area (TPSA) is 53.3 Å². The lowest BCUT2D eigenvalue weighted by Crippen LogP contribution is -2.56. The molecule has 0 aromatic heterocycles. The molecule has 0 saturated carbocycles. The van der Waals surface area contributed by atoms with Gasteiger partial charge < -0.3 is 9.64 Å². The van der Waals surface area contributed by atoms with Gasteiger partial charge in [0.2, 0.25) is 0 Å². The molecule has 1 unspecified atom stereocenters. The van der Waals surface area contributed by atoms with Gasteiger partial charge in [-0.05, 0) is 31.5 Å². The Morgan fingerprint density at radius 2 is 1.85 bits per heavy atom. The normalized spacial score (nSPS) is 19.0. The van der Waals surface area contributed by atoms with E-state index in [4.69, 9.17) is 10.00 Å². The Morgan fingerprint density at radius 1 is 1.23 bits per heavy atom. The smallest absolute Gasteiger partial charge is 0.260 e. The van der Waals surface area contributed by atoms with Gasteiger partial charge in [-0.3, -0.25) is 4.79 Å². The van der Waals surface area contributed by atoms with Crippen molar-refractivity contribution in [1.29, 1.82) is 5.26 Å². The van der Waals surface area contributed by atoms with Gasteiger partial charge in [0.05, 0.1) is 30.3 Å². The zero-order valence-electron chi connectivity index (χ0n) is 14.5. The van der Waals surface area contributed by atoms with Crippen LogP contribution in [0.15, 0.2) is 42.5 Å². The number of benzene rings is 2. The van der Waals surface area contributed by atoms with Crippen LogP contribution in [0.5, 0.6) is 0 Å². The van der Waals surface area contributed by atoms with Gasteiger partial charge in [-0.25, -0.2) is 8.78 Å². The molecule has 0 bridgehead atoms. The molecule has 0 radical (unpaired) electrons. The van der Waals surface area contributed by atoms with Crippen LogP contribution in [0.4, 0.5) is 8.78 Å². The molecule has 2 aromatic carbocycles. The third-order valence-corrected chi connectivity index (χ3v) is 4.52. The molecule has 3 rings (SSSR count). The number of hydrogen-bond donors (Lipinski definition) is 0. The summed E-state index contributed by atoms with van der Waals surface area (Å²) in [6.45, 7) is 3.98. The number of carbonyl (C=O) groups excluding carboxylic acids is 1. The van der Waals surface area contributed by atoms with E-state index in [0.29, 0.717) is 0 Å². The molecular weight excluding hydrogens is 338 g/mol. The Labute approximate surface area is 150 Å². The molecule has 1 aliphatic heterocycles. The average Bonchev–Trinajstić information content (AvgIpc) is 2.61. The average molecular weight is 356 g/mol. The minimum atomic E-state index is -1.04. The lowest BCUT2D eigenvalue weighted by molar-refractivity contribution is -0.0849. The van der Waals surface area contributed by atoms with Gasteiger partial charge in [-0.15, -0.1) is 0 Å². The number of morpholine rings is 1. The SMILES string of the molecule is CC1(C)COC(c2ccccc2)CN1C(=O)c1c(F)cc(C#N)cc1F. The number of rotatable bonds is 2. The first-order valence-corrected chi connectivity index (χ1v) is 8.21. The summed E-state index contributed by atoms with van der Waals surface area (Å²) in [5, 5.41) is 8.81. The standard InChI is InChI=1S/C20H18F2N2O2/c1-20(2)12-26-17(14-6-4-3-5-7-14)11-24(20)19(25)18-15(21)8-13(10-23)9-16(18)22/h3-9,17H,11-12H2,1-2H3. The van der Waals surface area contributed by atoms with Crippen molar-refractivity contribution in [2.45, 2.75) is 25.5 Å². The van der Waals surface area contributed by atoms with E-state index in [-0.39, 0.29) is 24.8 Å². The summed E-state index contributed by atoms with van der Waals surface area (Å²) >= 11 is 0. The molecule has 1 heterocycles. The third kappa shape index (κ3) is 3.31. The predicted octanol–water partition coefficient (Wildman–Crippen LogP) is 3.83. The molecule has 1 aliphatic rings. The molecule has 26 heavy (non-hydrogen) atoms. The zero-order chi connectivity index (χ0) is 18.9. The van der Waals surface area contributed by atoms with Crippen LogP contribution in [-0.4, -0.2) is 29.5 Å². The van der Waals surface area contributed by atoms with Crippen molar-refractivity contribution in [2.24, 2.45) is 0 Å². The van der Waals surface area contributed by atoms with Crippen LogP contribution in [0, 0.1) is 23.0 Å². The number of hydrogen-bond acceptors (Lipinski definition) is 3. The van der Waals surface area contributed by atoms with Crippen molar-refractivity contribution in [3.63, 3.8) is 0 Å². The molecule has 0 N–H and O–H groups in total. The van der Waals surface area contributed by atoms with Crippen molar-refractivity contribution >= 4 is 5.91 Å². The Kier molecular flexibility index (Phi) is 4.75. The molecule has 134 valence electrons. The van der Waals surface area contributed by atoms with Crippen LogP contribution < -0.4 is 0 Å². The number of carbonyl (C=O) groups is 1. The Hall–Kier alpha value is -2.78. The number of halogens is 2. The lowest BCUT2D eigenvalue weighted by atomic mass is 9.96. The molecule has 6 heteroatoms. The van der Waals surface area contributed by atoms with Crippen LogP contribution in [0.3, 0.4) is 0 Å². The molecule has 1 saturated heterocycles. The minimum absolute atomic E-state index is 0.167. The fourth-order valence-electron chi connectivity index (χ4n) is 3.05. The molecule has 1 atom stereocenters. The van der Waals surface area contributed by atoms with Gasteiger partial charge >= 0.3 is 0 Å². The first-order chi connectivity index (χ1) is 12.3. The highest BCUT2D eigenvalue weighted by molar-refractivity contribution is 5.95. The first-order valence-electron chi connectivity index (χ1n) is 8.21. The summed E-state index contributed by atoms with van der Waals surface area (Å²) < 4.78 is 34.5. The van der Waals surface area contributed by atoms with E-state index in [1.807, 2.05) is 30.3 Å². The summed E-state index contributed by atoms with van der Waals surface area (Å²) in [5.41, 5.74) is -0.651. The maximum Gasteiger partial charge on any atom is 0.260 e. The molecule has 4 nitrogen and oxygen atoms in total. The number of nitrogens with zero attached hydrogens (tertiary/aromatic N) is 2. The van der Waals surface area contributed by atoms with E-state index in [1.165, 1.54) is 4.90 Å². The van der Waals surface area contributed by atoms with Crippen molar-refractivity contribution in [3.05, 3.63) is 70.8 Å². The summed E-state index contributed by atoms with van der Waals surface area (Å²) in [6.07, 6.45) is -0.377. The second-order valence-electron chi connectivity index (χ2n) is 6.87. The Morgan fingerprint density at radius 3 is 2.42 bits per heavy atom. The highest BCUT2D eigenvalue weighted by atomic mass is 19.1. The number of ether oxygens (including phenoxy) is 1. The molecular formula is C20H18F2N2O2. The van der Waals surface area contributed by atoms with E-state index >= 15 is 0 Å². The fraction of sp³-hybridized carbons (Fsp3) is 0.300. The van der Waals surface area contributed by atoms with Crippen molar-refractivity contribution in [2.75, 3.05) is 13.2 Å². The minimum Gasteiger partial charge on any atom is -0.369 e. The fourth-order valence-corrected chi connectivity index (χ4v) is 3.05. The molecule has 0 aliphatic carbocycles. The van der Waals surface area contributed by atoms with Gasteiger partial charge in [-0.1, -0.05) is 30.3 Å². The van der Waals surface area contributed by atoms with Gasteiger partial charge in [0.25, 0.3) is 5.91 Å². The van der Waals surface area contributed by atoms with Gasteiger partial charge in [-0.2, -0.15) is 5.26 Å². The Balaban J connectivity index is 1.95. The largest absolute Gasteiger partial charge is 0.369 e. The molecule has 1 amide bonds.